The Labute approximate surface area is 110 Å². The Bertz CT molecular complexity index is 594. The maximum Gasteiger partial charge on any atom is 0.339 e. The highest BCUT2D eigenvalue weighted by Gasteiger charge is 2.22. The molecule has 0 saturated carbocycles. The standard InChI is InChI=1S/C12H8BrFO4/c13-8-2-1-6(5-9(8)14)10(15)11-7(12(16)17)3-4-18-11/h1-5,10,15H,(H,16,17). The quantitative estimate of drug-likeness (QED) is 0.913. The van der Waals surface area contributed by atoms with Crippen LogP contribution in [0, 0.1) is 5.82 Å². The first-order valence-electron chi connectivity index (χ1n) is 4.94. The molecule has 0 spiro atoms. The maximum atomic E-state index is 13.3. The Morgan fingerprint density at radius 2 is 2.11 bits per heavy atom. The third-order valence-corrected chi connectivity index (χ3v) is 3.08. The average molecular weight is 315 g/mol. The number of hydrogen-bond donors (Lipinski definition) is 2. The number of halogens is 2. The van der Waals surface area contributed by atoms with Crippen LogP contribution in [0.3, 0.4) is 0 Å². The van der Waals surface area contributed by atoms with E-state index in [1.807, 2.05) is 0 Å². The number of carbonyl (C=O) groups is 1. The van der Waals surface area contributed by atoms with Gasteiger partial charge in [-0.2, -0.15) is 0 Å². The number of benzene rings is 1. The lowest BCUT2D eigenvalue weighted by Gasteiger charge is -2.10. The first-order chi connectivity index (χ1) is 8.50. The number of aromatic carboxylic acids is 1. The highest BCUT2D eigenvalue weighted by Crippen LogP contribution is 2.28. The summed E-state index contributed by atoms with van der Waals surface area (Å²) in [5.41, 5.74) is 0.0685. The molecule has 1 heterocycles. The van der Waals surface area contributed by atoms with Crippen LogP contribution in [-0.4, -0.2) is 16.2 Å². The van der Waals surface area contributed by atoms with Crippen LogP contribution in [0.15, 0.2) is 39.4 Å². The van der Waals surface area contributed by atoms with Crippen molar-refractivity contribution >= 4 is 21.9 Å². The van der Waals surface area contributed by atoms with E-state index in [-0.39, 0.29) is 21.4 Å². The monoisotopic (exact) mass is 314 g/mol. The van der Waals surface area contributed by atoms with Gasteiger partial charge in [0.1, 0.15) is 17.5 Å². The van der Waals surface area contributed by atoms with E-state index in [4.69, 9.17) is 9.52 Å². The molecule has 2 aromatic rings. The van der Waals surface area contributed by atoms with Crippen LogP contribution < -0.4 is 0 Å². The number of aliphatic hydroxyl groups excluding tert-OH is 1. The van der Waals surface area contributed by atoms with Crippen LogP contribution in [-0.2, 0) is 0 Å². The van der Waals surface area contributed by atoms with E-state index >= 15 is 0 Å². The summed E-state index contributed by atoms with van der Waals surface area (Å²) in [6.07, 6.45) is -0.161. The molecule has 2 N–H and O–H groups in total. The topological polar surface area (TPSA) is 70.7 Å². The first kappa shape index (κ1) is 12.8. The molecule has 6 heteroatoms. The van der Waals surface area contributed by atoms with E-state index in [0.29, 0.717) is 0 Å². The zero-order valence-corrected chi connectivity index (χ0v) is 10.5. The summed E-state index contributed by atoms with van der Waals surface area (Å²) in [6, 6.07) is 5.25. The van der Waals surface area contributed by atoms with E-state index in [1.165, 1.54) is 18.2 Å². The van der Waals surface area contributed by atoms with Gasteiger partial charge in [-0.05, 0) is 39.7 Å². The van der Waals surface area contributed by atoms with Crippen LogP contribution >= 0.6 is 15.9 Å². The van der Waals surface area contributed by atoms with Gasteiger partial charge in [-0.1, -0.05) is 6.07 Å². The van der Waals surface area contributed by atoms with Gasteiger partial charge in [-0.15, -0.1) is 0 Å². The van der Waals surface area contributed by atoms with Gasteiger partial charge in [0.2, 0.25) is 0 Å². The molecule has 2 rings (SSSR count). The fourth-order valence-electron chi connectivity index (χ4n) is 1.54. The molecule has 0 radical (unpaired) electrons. The molecule has 0 bridgehead atoms. The van der Waals surface area contributed by atoms with Crippen LogP contribution in [0.25, 0.3) is 0 Å². The van der Waals surface area contributed by atoms with E-state index in [1.54, 1.807) is 0 Å². The second-order valence-electron chi connectivity index (χ2n) is 3.58. The largest absolute Gasteiger partial charge is 0.478 e. The normalized spacial score (nSPS) is 12.4. The van der Waals surface area contributed by atoms with Gasteiger partial charge >= 0.3 is 5.97 Å². The fraction of sp³-hybridized carbons (Fsp3) is 0.0833. The van der Waals surface area contributed by atoms with Crippen molar-refractivity contribution in [3.63, 3.8) is 0 Å². The minimum absolute atomic E-state index is 0.121. The van der Waals surface area contributed by atoms with Crippen LogP contribution in [0.1, 0.15) is 27.8 Å². The number of hydrogen-bond acceptors (Lipinski definition) is 3. The van der Waals surface area contributed by atoms with Crippen molar-refractivity contribution in [2.75, 3.05) is 0 Å². The summed E-state index contributed by atoms with van der Waals surface area (Å²) in [7, 11) is 0. The minimum atomic E-state index is -1.33. The third kappa shape index (κ3) is 2.30. The van der Waals surface area contributed by atoms with E-state index < -0.39 is 17.9 Å². The van der Waals surface area contributed by atoms with Crippen molar-refractivity contribution in [2.45, 2.75) is 6.10 Å². The predicted molar refractivity (Wildman–Crippen MR) is 63.8 cm³/mol. The molecule has 1 aromatic heterocycles. The summed E-state index contributed by atoms with van der Waals surface area (Å²) < 4.78 is 18.5. The lowest BCUT2D eigenvalue weighted by Crippen LogP contribution is -2.05. The summed E-state index contributed by atoms with van der Waals surface area (Å²) in [6.45, 7) is 0. The zero-order valence-electron chi connectivity index (χ0n) is 8.93. The molecular weight excluding hydrogens is 307 g/mol. The van der Waals surface area contributed by atoms with Crippen molar-refractivity contribution in [3.05, 3.63) is 57.7 Å². The number of carboxylic acid groups (broad SMARTS) is 1. The Morgan fingerprint density at radius 1 is 1.39 bits per heavy atom. The summed E-state index contributed by atoms with van der Waals surface area (Å²) in [4.78, 5) is 10.9. The molecule has 0 fully saturated rings. The van der Waals surface area contributed by atoms with Crippen LogP contribution in [0.4, 0.5) is 4.39 Å². The number of furan rings is 1. The van der Waals surface area contributed by atoms with Crippen molar-refractivity contribution in [1.82, 2.24) is 0 Å². The molecular formula is C12H8BrFO4. The minimum Gasteiger partial charge on any atom is -0.478 e. The fourth-order valence-corrected chi connectivity index (χ4v) is 1.79. The number of aliphatic hydroxyl groups is 1. The highest BCUT2D eigenvalue weighted by atomic mass is 79.9. The summed E-state index contributed by atoms with van der Waals surface area (Å²) in [5, 5.41) is 18.9. The molecule has 0 aliphatic carbocycles. The highest BCUT2D eigenvalue weighted by molar-refractivity contribution is 9.10. The SMILES string of the molecule is O=C(O)c1ccoc1C(O)c1ccc(Br)c(F)c1. The molecule has 0 aliphatic heterocycles. The smallest absolute Gasteiger partial charge is 0.339 e. The van der Waals surface area contributed by atoms with Gasteiger partial charge in [-0.3, -0.25) is 0 Å². The molecule has 94 valence electrons. The van der Waals surface area contributed by atoms with Crippen LogP contribution in [0.5, 0.6) is 0 Å². The molecule has 0 saturated heterocycles. The zero-order chi connectivity index (χ0) is 13.3. The third-order valence-electron chi connectivity index (χ3n) is 2.43. The van der Waals surface area contributed by atoms with E-state index in [2.05, 4.69) is 15.9 Å². The Morgan fingerprint density at radius 3 is 2.72 bits per heavy atom. The molecule has 0 amide bonds. The molecule has 1 aromatic carbocycles. The molecule has 4 nitrogen and oxygen atoms in total. The Kier molecular flexibility index (Phi) is 3.49. The van der Waals surface area contributed by atoms with Gasteiger partial charge in [0.25, 0.3) is 0 Å². The van der Waals surface area contributed by atoms with Crippen molar-refractivity contribution in [3.8, 4) is 0 Å². The predicted octanol–water partition coefficient (Wildman–Crippen LogP) is 2.96. The van der Waals surface area contributed by atoms with Gasteiger partial charge < -0.3 is 14.6 Å². The Balaban J connectivity index is 2.41. The van der Waals surface area contributed by atoms with Gasteiger partial charge in [0.05, 0.1) is 10.7 Å². The maximum absolute atomic E-state index is 13.3. The van der Waals surface area contributed by atoms with E-state index in [9.17, 15) is 14.3 Å². The molecule has 18 heavy (non-hydrogen) atoms. The Hall–Kier alpha value is -1.66. The van der Waals surface area contributed by atoms with Gasteiger partial charge in [-0.25, -0.2) is 9.18 Å². The number of rotatable bonds is 3. The summed E-state index contributed by atoms with van der Waals surface area (Å²) >= 11 is 2.99. The lowest BCUT2D eigenvalue weighted by molar-refractivity contribution is 0.0687. The first-order valence-corrected chi connectivity index (χ1v) is 5.73. The second kappa shape index (κ2) is 4.91. The molecule has 0 aliphatic rings. The van der Waals surface area contributed by atoms with Crippen molar-refractivity contribution < 1.29 is 23.8 Å². The molecule has 1 atom stereocenters. The number of carboxylic acids is 1. The lowest BCUT2D eigenvalue weighted by atomic mass is 10.0. The van der Waals surface area contributed by atoms with Crippen molar-refractivity contribution in [1.29, 1.82) is 0 Å². The van der Waals surface area contributed by atoms with Gasteiger partial charge in [0, 0.05) is 0 Å². The summed E-state index contributed by atoms with van der Waals surface area (Å²) in [5.74, 6) is -1.88. The van der Waals surface area contributed by atoms with Crippen LogP contribution in [0.2, 0.25) is 0 Å². The average Bonchev–Trinajstić information content (AvgIpc) is 2.81. The van der Waals surface area contributed by atoms with Crippen molar-refractivity contribution in [2.24, 2.45) is 0 Å². The van der Waals surface area contributed by atoms with E-state index in [0.717, 1.165) is 12.3 Å². The molecule has 1 unspecified atom stereocenters. The second-order valence-corrected chi connectivity index (χ2v) is 4.43. The van der Waals surface area contributed by atoms with Gasteiger partial charge in [0.15, 0.2) is 5.76 Å².